The molecule has 352 valence electrons. The first kappa shape index (κ1) is 58.0. The SMILES string of the molecule is CC/C=C/C=C/C=C/C=C/C=C/CCCCCC(=O)OC(COCCC(C(=O)[O-])[N+](C)(C)C)COC(=O)CCCCCCCCCCCCCCCCCCCCCCCC. The third-order valence-corrected chi connectivity index (χ3v) is 11.0. The van der Waals surface area contributed by atoms with Crippen molar-refractivity contribution in [3.05, 3.63) is 60.8 Å². The molecule has 0 aromatic rings. The van der Waals surface area contributed by atoms with Gasteiger partial charge < -0.3 is 28.6 Å². The molecule has 0 spiro atoms. The fraction of sp³-hybridized carbons (Fsp3) is 0.755. The van der Waals surface area contributed by atoms with Crippen molar-refractivity contribution in [3.63, 3.8) is 0 Å². The average Bonchev–Trinajstić information content (AvgIpc) is 3.22. The molecule has 2 atom stereocenters. The zero-order valence-corrected chi connectivity index (χ0v) is 40.1. The van der Waals surface area contributed by atoms with Gasteiger partial charge in [-0.25, -0.2) is 0 Å². The first-order chi connectivity index (χ1) is 29.6. The topological polar surface area (TPSA) is 102 Å². The number of likely N-dealkylation sites (N-methyl/N-ethyl adjacent to an activating group) is 1. The summed E-state index contributed by atoms with van der Waals surface area (Å²) in [5, 5.41) is 11.6. The van der Waals surface area contributed by atoms with Crippen LogP contribution in [0.2, 0.25) is 0 Å². The van der Waals surface area contributed by atoms with Crippen LogP contribution in [0, 0.1) is 0 Å². The molecule has 0 heterocycles. The van der Waals surface area contributed by atoms with Gasteiger partial charge in [0.15, 0.2) is 6.10 Å². The summed E-state index contributed by atoms with van der Waals surface area (Å²) < 4.78 is 17.2. The monoisotopic (exact) mass is 856 g/mol. The number of quaternary nitrogens is 1. The van der Waals surface area contributed by atoms with Gasteiger partial charge in [-0.1, -0.05) is 216 Å². The summed E-state index contributed by atoms with van der Waals surface area (Å²) in [5.74, 6) is -1.79. The van der Waals surface area contributed by atoms with E-state index in [2.05, 4.69) is 26.0 Å². The quantitative estimate of drug-likeness (QED) is 0.0260. The minimum atomic E-state index is -1.13. The molecule has 8 heteroatoms. The molecule has 0 rings (SSSR count). The maximum Gasteiger partial charge on any atom is 0.306 e. The number of aliphatic carboxylic acids is 1. The van der Waals surface area contributed by atoms with E-state index in [4.69, 9.17) is 14.2 Å². The van der Waals surface area contributed by atoms with Crippen LogP contribution < -0.4 is 5.11 Å². The number of carbonyl (C=O) groups is 3. The number of unbranched alkanes of at least 4 members (excludes halogenated alkanes) is 24. The molecule has 0 bridgehead atoms. The van der Waals surface area contributed by atoms with E-state index in [0.29, 0.717) is 12.8 Å². The molecule has 0 radical (unpaired) electrons. The van der Waals surface area contributed by atoms with Crippen LogP contribution in [0.1, 0.15) is 206 Å². The van der Waals surface area contributed by atoms with Crippen molar-refractivity contribution in [1.82, 2.24) is 0 Å². The van der Waals surface area contributed by atoms with E-state index in [1.807, 2.05) is 48.6 Å². The summed E-state index contributed by atoms with van der Waals surface area (Å²) in [6, 6.07) is -0.735. The zero-order valence-electron chi connectivity index (χ0n) is 40.1. The van der Waals surface area contributed by atoms with Crippen LogP contribution in [0.4, 0.5) is 0 Å². The number of ether oxygens (including phenoxy) is 3. The highest BCUT2D eigenvalue weighted by molar-refractivity contribution is 5.70. The highest BCUT2D eigenvalue weighted by Gasteiger charge is 2.25. The summed E-state index contributed by atoms with van der Waals surface area (Å²) in [4.78, 5) is 37.0. The highest BCUT2D eigenvalue weighted by Crippen LogP contribution is 2.16. The lowest BCUT2D eigenvalue weighted by Crippen LogP contribution is -2.55. The molecule has 61 heavy (non-hydrogen) atoms. The third kappa shape index (κ3) is 42.1. The minimum Gasteiger partial charge on any atom is -0.544 e. The van der Waals surface area contributed by atoms with E-state index >= 15 is 0 Å². The Morgan fingerprint density at radius 1 is 0.508 bits per heavy atom. The number of carboxylic acid groups (broad SMARTS) is 1. The molecule has 0 N–H and O–H groups in total. The minimum absolute atomic E-state index is 0.0228. The molecule has 0 saturated carbocycles. The van der Waals surface area contributed by atoms with Gasteiger partial charge in [0.05, 0.1) is 40.3 Å². The fourth-order valence-electron chi connectivity index (χ4n) is 7.21. The van der Waals surface area contributed by atoms with Gasteiger partial charge in [0.25, 0.3) is 0 Å². The van der Waals surface area contributed by atoms with E-state index in [9.17, 15) is 19.5 Å². The van der Waals surface area contributed by atoms with Crippen molar-refractivity contribution in [1.29, 1.82) is 0 Å². The Labute approximate surface area is 375 Å². The smallest absolute Gasteiger partial charge is 0.306 e. The second kappa shape index (κ2) is 43.7. The molecule has 0 aromatic heterocycles. The molecule has 0 aliphatic carbocycles. The van der Waals surface area contributed by atoms with Crippen LogP contribution in [-0.4, -0.2) is 75.5 Å². The van der Waals surface area contributed by atoms with Gasteiger partial charge in [-0.3, -0.25) is 9.59 Å². The van der Waals surface area contributed by atoms with Gasteiger partial charge in [-0.2, -0.15) is 0 Å². The lowest BCUT2D eigenvalue weighted by molar-refractivity contribution is -0.889. The summed E-state index contributed by atoms with van der Waals surface area (Å²) in [6.45, 7) is 4.49. The Morgan fingerprint density at radius 2 is 0.918 bits per heavy atom. The summed E-state index contributed by atoms with van der Waals surface area (Å²) in [5.41, 5.74) is 0. The molecule has 0 aliphatic heterocycles. The van der Waals surface area contributed by atoms with Gasteiger partial charge in [-0.05, 0) is 32.1 Å². The number of hydrogen-bond acceptors (Lipinski definition) is 7. The maximum atomic E-state index is 12.7. The average molecular weight is 856 g/mol. The predicted molar refractivity (Wildman–Crippen MR) is 254 cm³/mol. The molecular formula is C53H93NO7. The van der Waals surface area contributed by atoms with Crippen molar-refractivity contribution in [2.75, 3.05) is 41.0 Å². The van der Waals surface area contributed by atoms with Gasteiger partial charge in [-0.15, -0.1) is 0 Å². The number of carboxylic acids is 1. The highest BCUT2D eigenvalue weighted by atomic mass is 16.6. The number of carbonyl (C=O) groups excluding carboxylic acids is 3. The van der Waals surface area contributed by atoms with Crippen LogP contribution in [-0.2, 0) is 28.6 Å². The number of esters is 2. The van der Waals surface area contributed by atoms with Crippen LogP contribution in [0.3, 0.4) is 0 Å². The van der Waals surface area contributed by atoms with E-state index in [-0.39, 0.29) is 49.1 Å². The number of hydrogen-bond donors (Lipinski definition) is 0. The summed E-state index contributed by atoms with van der Waals surface area (Å²) in [6.07, 6.45) is 54.0. The van der Waals surface area contributed by atoms with Gasteiger partial charge in [0.1, 0.15) is 12.6 Å². The first-order valence-corrected chi connectivity index (χ1v) is 24.9. The fourth-order valence-corrected chi connectivity index (χ4v) is 7.21. The van der Waals surface area contributed by atoms with Gasteiger partial charge >= 0.3 is 11.9 Å². The lowest BCUT2D eigenvalue weighted by Gasteiger charge is -2.34. The Kier molecular flexibility index (Phi) is 41.5. The van der Waals surface area contributed by atoms with Crippen LogP contribution >= 0.6 is 0 Å². The van der Waals surface area contributed by atoms with Gasteiger partial charge in [0.2, 0.25) is 0 Å². The Bertz CT molecular complexity index is 1180. The van der Waals surface area contributed by atoms with Crippen LogP contribution in [0.5, 0.6) is 0 Å². The molecule has 0 fully saturated rings. The Morgan fingerprint density at radius 3 is 1.36 bits per heavy atom. The van der Waals surface area contributed by atoms with Crippen molar-refractivity contribution in [3.8, 4) is 0 Å². The Hall–Kier alpha value is -2.97. The standard InChI is InChI=1S/C53H93NO7/c1-6-8-10-12-14-16-18-20-22-23-24-25-26-27-28-30-31-33-35-37-39-41-43-51(55)60-48-49(47-59-46-45-50(53(57)58)54(3,4)5)61-52(56)44-42-40-38-36-34-32-29-21-19-17-15-13-11-9-7-2/h9,11,13,15,17,19,21,29,32,34,49-50H,6-8,10,12,14,16,18,20,22-28,30-31,33,35-48H2,1-5H3/b11-9+,15-13+,19-17+,29-21+,34-32+. The molecule has 2 unspecified atom stereocenters. The van der Waals surface area contributed by atoms with Crippen LogP contribution in [0.15, 0.2) is 60.8 Å². The van der Waals surface area contributed by atoms with E-state index < -0.39 is 18.1 Å². The largest absolute Gasteiger partial charge is 0.544 e. The lowest BCUT2D eigenvalue weighted by atomic mass is 10.0. The van der Waals surface area contributed by atoms with Crippen molar-refractivity contribution in [2.24, 2.45) is 0 Å². The molecule has 0 aromatic carbocycles. The number of rotatable bonds is 44. The van der Waals surface area contributed by atoms with Crippen molar-refractivity contribution < 1.29 is 38.2 Å². The number of allylic oxidation sites excluding steroid dienone is 10. The molecule has 0 amide bonds. The first-order valence-electron chi connectivity index (χ1n) is 24.9. The van der Waals surface area contributed by atoms with E-state index in [0.717, 1.165) is 44.9 Å². The van der Waals surface area contributed by atoms with E-state index in [1.54, 1.807) is 21.1 Å². The molecule has 0 saturated heterocycles. The van der Waals surface area contributed by atoms with E-state index in [1.165, 1.54) is 122 Å². The van der Waals surface area contributed by atoms with Crippen molar-refractivity contribution in [2.45, 2.75) is 219 Å². The molecule has 0 aliphatic rings. The van der Waals surface area contributed by atoms with Gasteiger partial charge in [0, 0.05) is 19.3 Å². The molecular weight excluding hydrogens is 763 g/mol. The normalized spacial score (nSPS) is 13.4. The zero-order chi connectivity index (χ0) is 44.9. The maximum absolute atomic E-state index is 12.7. The van der Waals surface area contributed by atoms with Crippen LogP contribution in [0.25, 0.3) is 0 Å². The predicted octanol–water partition coefficient (Wildman–Crippen LogP) is 12.8. The second-order valence-corrected chi connectivity index (χ2v) is 17.8. The number of nitrogens with zero attached hydrogens (tertiary/aromatic N) is 1. The third-order valence-electron chi connectivity index (χ3n) is 11.0. The second-order valence-electron chi connectivity index (χ2n) is 17.8. The Balaban J connectivity index is 4.25. The molecule has 8 nitrogen and oxygen atoms in total. The summed E-state index contributed by atoms with van der Waals surface area (Å²) in [7, 11) is 5.39. The summed E-state index contributed by atoms with van der Waals surface area (Å²) >= 11 is 0. The van der Waals surface area contributed by atoms with Crippen molar-refractivity contribution >= 4 is 17.9 Å².